The molecule has 9 nitrogen and oxygen atoms in total. The van der Waals surface area contributed by atoms with Crippen molar-refractivity contribution < 1.29 is 23.2 Å². The number of benzene rings is 3. The third-order valence-corrected chi connectivity index (χ3v) is 7.91. The maximum atomic E-state index is 15.5. The highest BCUT2D eigenvalue weighted by atomic mass is 35.5. The molecule has 12 heteroatoms. The summed E-state index contributed by atoms with van der Waals surface area (Å²) in [7, 11) is 0. The predicted molar refractivity (Wildman–Crippen MR) is 159 cm³/mol. The van der Waals surface area contributed by atoms with E-state index in [4.69, 9.17) is 17.3 Å². The number of fused-ring (bicyclic) bond motifs is 1. The molecule has 1 aliphatic rings. The molecule has 3 heterocycles. The van der Waals surface area contributed by atoms with Crippen LogP contribution in [0.25, 0.3) is 33.2 Å². The minimum atomic E-state index is -1.45. The monoisotopic (exact) mass is 602 g/mol. The molecule has 0 saturated carbocycles. The van der Waals surface area contributed by atoms with Crippen molar-refractivity contribution in [1.29, 1.82) is 0 Å². The molecule has 43 heavy (non-hydrogen) atoms. The summed E-state index contributed by atoms with van der Waals surface area (Å²) in [6, 6.07) is 15.4. The first-order valence-corrected chi connectivity index (χ1v) is 13.8. The minimum Gasteiger partial charge on any atom is -0.366 e. The predicted octanol–water partition coefficient (Wildman–Crippen LogP) is 5.17. The van der Waals surface area contributed by atoms with Crippen LogP contribution in [0, 0.1) is 5.82 Å². The molecule has 3 aromatic carbocycles. The Labute approximate surface area is 249 Å². The van der Waals surface area contributed by atoms with Gasteiger partial charge in [0, 0.05) is 51.4 Å². The van der Waals surface area contributed by atoms with Crippen LogP contribution in [0.1, 0.15) is 16.8 Å². The van der Waals surface area contributed by atoms with Gasteiger partial charge < -0.3 is 20.5 Å². The Morgan fingerprint density at radius 1 is 1.07 bits per heavy atom. The standard InChI is InChI=1S/C31H25ClF2N6O3/c32-24-6-2-1-4-20(24)21-5-3-7-25(29(21)34)38-31(43)27-11-19(33)14-40(27)28(41)16-39-15-23(30(35)42)22-10-17(8-9-26(22)39)18-12-36-37-13-18/h1-10,12-13,15,19,27H,11,14,16H2,(H2,35,42)(H,36,37)(H,38,43)/t19-,27+/m1/s1. The lowest BCUT2D eigenvalue weighted by molar-refractivity contribution is -0.137. The number of nitrogens with one attached hydrogen (secondary N) is 2. The lowest BCUT2D eigenvalue weighted by atomic mass is 10.0. The minimum absolute atomic E-state index is 0.118. The fourth-order valence-corrected chi connectivity index (χ4v) is 5.73. The number of amides is 3. The van der Waals surface area contributed by atoms with Crippen LogP contribution in [-0.2, 0) is 16.1 Å². The van der Waals surface area contributed by atoms with Crippen molar-refractivity contribution in [3.05, 3.63) is 95.7 Å². The van der Waals surface area contributed by atoms with E-state index in [1.165, 1.54) is 18.3 Å². The summed E-state index contributed by atoms with van der Waals surface area (Å²) in [5.41, 5.74) is 8.51. The van der Waals surface area contributed by atoms with E-state index in [2.05, 4.69) is 15.5 Å². The van der Waals surface area contributed by atoms with Crippen molar-refractivity contribution in [2.24, 2.45) is 5.73 Å². The molecule has 0 bridgehead atoms. The van der Waals surface area contributed by atoms with Crippen molar-refractivity contribution in [3.63, 3.8) is 0 Å². The summed E-state index contributed by atoms with van der Waals surface area (Å²) in [4.78, 5) is 40.2. The average molecular weight is 603 g/mol. The fourth-order valence-electron chi connectivity index (χ4n) is 5.49. The Morgan fingerprint density at radius 2 is 1.86 bits per heavy atom. The van der Waals surface area contributed by atoms with E-state index in [9.17, 15) is 18.8 Å². The summed E-state index contributed by atoms with van der Waals surface area (Å²) >= 11 is 6.24. The SMILES string of the molecule is NC(=O)c1cn(CC(=O)N2C[C@H](F)C[C@H]2C(=O)Nc2cccc(-c3ccccc3Cl)c2F)c2ccc(-c3cn[nH]c3)cc12. The number of H-pyrrole nitrogens is 1. The lowest BCUT2D eigenvalue weighted by Crippen LogP contribution is -2.44. The van der Waals surface area contributed by atoms with Gasteiger partial charge in [-0.15, -0.1) is 0 Å². The van der Waals surface area contributed by atoms with Gasteiger partial charge in [0.25, 0.3) is 5.91 Å². The van der Waals surface area contributed by atoms with Gasteiger partial charge in [0.1, 0.15) is 18.8 Å². The number of halogens is 3. The highest BCUT2D eigenvalue weighted by Crippen LogP contribution is 2.33. The summed E-state index contributed by atoms with van der Waals surface area (Å²) in [6.45, 7) is -0.576. The van der Waals surface area contributed by atoms with Crippen LogP contribution < -0.4 is 11.1 Å². The van der Waals surface area contributed by atoms with E-state index in [-0.39, 0.29) is 36.3 Å². The normalized spacial score (nSPS) is 16.5. The summed E-state index contributed by atoms with van der Waals surface area (Å²) in [5.74, 6) is -2.64. The number of aromatic amines is 1. The molecular weight excluding hydrogens is 578 g/mol. The molecule has 1 saturated heterocycles. The molecule has 0 spiro atoms. The zero-order valence-corrected chi connectivity index (χ0v) is 23.3. The van der Waals surface area contributed by atoms with Gasteiger partial charge in [-0.3, -0.25) is 19.5 Å². The van der Waals surface area contributed by atoms with Gasteiger partial charge >= 0.3 is 0 Å². The van der Waals surface area contributed by atoms with Crippen LogP contribution in [0.4, 0.5) is 14.5 Å². The van der Waals surface area contributed by atoms with Gasteiger partial charge in [0.15, 0.2) is 5.82 Å². The van der Waals surface area contributed by atoms with E-state index >= 15 is 4.39 Å². The van der Waals surface area contributed by atoms with E-state index in [1.807, 2.05) is 6.07 Å². The molecule has 1 fully saturated rings. The van der Waals surface area contributed by atoms with Gasteiger partial charge in [-0.2, -0.15) is 5.10 Å². The van der Waals surface area contributed by atoms with Crippen LogP contribution in [-0.4, -0.2) is 56.1 Å². The van der Waals surface area contributed by atoms with Gasteiger partial charge in [0.2, 0.25) is 11.8 Å². The number of carbonyl (C=O) groups is 3. The van der Waals surface area contributed by atoms with Gasteiger partial charge in [-0.05, 0) is 29.8 Å². The lowest BCUT2D eigenvalue weighted by Gasteiger charge is -2.24. The van der Waals surface area contributed by atoms with Crippen molar-refractivity contribution in [2.75, 3.05) is 11.9 Å². The van der Waals surface area contributed by atoms with E-state index in [0.717, 1.165) is 16.0 Å². The molecule has 2 aromatic heterocycles. The first-order chi connectivity index (χ1) is 20.7. The number of aromatic nitrogens is 3. The molecule has 5 aromatic rings. The fraction of sp³-hybridized carbons (Fsp3) is 0.161. The third kappa shape index (κ3) is 5.35. The summed E-state index contributed by atoms with van der Waals surface area (Å²) < 4.78 is 31.6. The Morgan fingerprint density at radius 3 is 2.60 bits per heavy atom. The van der Waals surface area contributed by atoms with E-state index < -0.39 is 35.8 Å². The van der Waals surface area contributed by atoms with Crippen LogP contribution in [0.15, 0.2) is 79.3 Å². The molecule has 6 rings (SSSR count). The molecule has 1 aliphatic heterocycles. The number of hydrogen-bond donors (Lipinski definition) is 3. The number of anilines is 1. The van der Waals surface area contributed by atoms with Crippen molar-refractivity contribution in [3.8, 4) is 22.3 Å². The molecule has 0 unspecified atom stereocenters. The largest absolute Gasteiger partial charge is 0.366 e. The summed E-state index contributed by atoms with van der Waals surface area (Å²) in [5, 5.41) is 10.1. The molecule has 218 valence electrons. The second-order valence-electron chi connectivity index (χ2n) is 10.3. The zero-order valence-electron chi connectivity index (χ0n) is 22.6. The number of nitrogens with two attached hydrogens (primary N) is 1. The first-order valence-electron chi connectivity index (χ1n) is 13.4. The van der Waals surface area contributed by atoms with E-state index in [1.54, 1.807) is 59.4 Å². The quantitative estimate of drug-likeness (QED) is 0.238. The Kier molecular flexibility index (Phi) is 7.41. The van der Waals surface area contributed by atoms with Gasteiger partial charge in [0.05, 0.1) is 24.0 Å². The zero-order chi connectivity index (χ0) is 30.2. The second-order valence-corrected chi connectivity index (χ2v) is 10.7. The molecular formula is C31H25ClF2N6O3. The molecule has 0 aliphatic carbocycles. The van der Waals surface area contributed by atoms with Crippen LogP contribution in [0.3, 0.4) is 0 Å². The average Bonchev–Trinajstić information content (AvgIpc) is 3.74. The van der Waals surface area contributed by atoms with Crippen LogP contribution in [0.2, 0.25) is 5.02 Å². The molecule has 0 radical (unpaired) electrons. The van der Waals surface area contributed by atoms with Crippen LogP contribution in [0.5, 0.6) is 0 Å². The topological polar surface area (TPSA) is 126 Å². The Bertz CT molecular complexity index is 1870. The van der Waals surface area contributed by atoms with Crippen molar-refractivity contribution in [2.45, 2.75) is 25.2 Å². The van der Waals surface area contributed by atoms with Crippen LogP contribution >= 0.6 is 11.6 Å². The summed E-state index contributed by atoms with van der Waals surface area (Å²) in [6.07, 6.45) is 3.13. The smallest absolute Gasteiger partial charge is 0.250 e. The maximum Gasteiger partial charge on any atom is 0.250 e. The van der Waals surface area contributed by atoms with Crippen molar-refractivity contribution in [1.82, 2.24) is 19.7 Å². The number of nitrogens with zero attached hydrogens (tertiary/aromatic N) is 3. The van der Waals surface area contributed by atoms with Crippen molar-refractivity contribution >= 4 is 45.9 Å². The molecule has 3 amide bonds. The van der Waals surface area contributed by atoms with Gasteiger partial charge in [-0.25, -0.2) is 8.78 Å². The highest BCUT2D eigenvalue weighted by molar-refractivity contribution is 6.33. The van der Waals surface area contributed by atoms with Gasteiger partial charge in [-0.1, -0.05) is 48.0 Å². The molecule has 4 N–H and O–H groups in total. The Hall–Kier alpha value is -5.03. The first kappa shape index (κ1) is 28.1. The number of rotatable bonds is 7. The number of primary amides is 1. The maximum absolute atomic E-state index is 15.5. The Balaban J connectivity index is 1.24. The molecule has 2 atom stereocenters. The number of alkyl halides is 1. The highest BCUT2D eigenvalue weighted by Gasteiger charge is 2.40. The van der Waals surface area contributed by atoms with E-state index in [0.29, 0.717) is 21.5 Å². The second kappa shape index (κ2) is 11.3. The third-order valence-electron chi connectivity index (χ3n) is 7.58. The number of likely N-dealkylation sites (tertiary alicyclic amines) is 1. The number of hydrogen-bond acceptors (Lipinski definition) is 4. The number of carbonyl (C=O) groups excluding carboxylic acids is 3.